The van der Waals surface area contributed by atoms with Crippen LogP contribution in [-0.2, 0) is 4.79 Å². The first kappa shape index (κ1) is 27.5. The largest absolute Gasteiger partial charge is 0.497 e. The van der Waals surface area contributed by atoms with Crippen molar-refractivity contribution in [1.82, 2.24) is 20.2 Å². The molecule has 0 saturated heterocycles. The number of nitrogens with one attached hydrogen (secondary N) is 1. The lowest BCUT2D eigenvalue weighted by molar-refractivity contribution is -0.118. The minimum absolute atomic E-state index is 0.0764. The lowest BCUT2D eigenvalue weighted by Gasteiger charge is -2.13. The number of nitrogens with zero attached hydrogens (tertiary/aromatic N) is 4. The highest BCUT2D eigenvalue weighted by Gasteiger charge is 2.18. The molecule has 39 heavy (non-hydrogen) atoms. The molecule has 0 radical (unpaired) electrons. The molecule has 1 N–H and O–H groups in total. The van der Waals surface area contributed by atoms with E-state index in [0.29, 0.717) is 33.8 Å². The highest BCUT2D eigenvalue weighted by atomic mass is 32.2. The maximum Gasteiger partial charge on any atom is 0.250 e. The topological polar surface area (TPSA) is 109 Å². The monoisotopic (exact) mass is 547 g/mol. The smallest absolute Gasteiger partial charge is 0.250 e. The lowest BCUT2D eigenvalue weighted by Crippen LogP contribution is -2.20. The lowest BCUT2D eigenvalue weighted by atomic mass is 10.2. The summed E-state index contributed by atoms with van der Waals surface area (Å²) >= 11 is 1.26. The molecule has 0 spiro atoms. The van der Waals surface area contributed by atoms with Crippen LogP contribution in [0.2, 0.25) is 0 Å². The van der Waals surface area contributed by atoms with Gasteiger partial charge in [-0.25, -0.2) is 5.43 Å². The molecule has 3 aromatic carbocycles. The van der Waals surface area contributed by atoms with Crippen molar-refractivity contribution in [2.24, 2.45) is 5.10 Å². The van der Waals surface area contributed by atoms with Crippen molar-refractivity contribution in [2.45, 2.75) is 12.1 Å². The highest BCUT2D eigenvalue weighted by molar-refractivity contribution is 7.99. The summed E-state index contributed by atoms with van der Waals surface area (Å²) in [5, 5.41) is 13.5. The number of rotatable bonds is 11. The summed E-state index contributed by atoms with van der Waals surface area (Å²) in [6, 6.07) is 19.1. The van der Waals surface area contributed by atoms with Gasteiger partial charge in [-0.1, -0.05) is 29.5 Å². The molecule has 4 rings (SSSR count). The van der Waals surface area contributed by atoms with Gasteiger partial charge in [-0.2, -0.15) is 5.10 Å². The number of methoxy groups -OCH3 is 4. The van der Waals surface area contributed by atoms with Gasteiger partial charge >= 0.3 is 0 Å². The Hall–Kier alpha value is -4.51. The second-order valence-electron chi connectivity index (χ2n) is 8.21. The molecular weight excluding hydrogens is 518 g/mol. The van der Waals surface area contributed by atoms with Crippen LogP contribution >= 0.6 is 11.8 Å². The van der Waals surface area contributed by atoms with Crippen molar-refractivity contribution in [3.63, 3.8) is 0 Å². The fourth-order valence-corrected chi connectivity index (χ4v) is 4.52. The highest BCUT2D eigenvalue weighted by Crippen LogP contribution is 2.39. The van der Waals surface area contributed by atoms with Gasteiger partial charge in [0.15, 0.2) is 22.5 Å². The molecule has 1 amide bonds. The summed E-state index contributed by atoms with van der Waals surface area (Å²) in [6.07, 6.45) is 1.49. The SMILES string of the molecule is COc1ccc(-c2nnc(SCC(=O)NN=Cc3ccc(OC)c(OC)c3OC)n2-c2ccc(C)cc2)cc1. The molecule has 0 aliphatic carbocycles. The molecule has 0 atom stereocenters. The van der Waals surface area contributed by atoms with Crippen molar-refractivity contribution < 1.29 is 23.7 Å². The van der Waals surface area contributed by atoms with Crippen molar-refractivity contribution in [1.29, 1.82) is 0 Å². The standard InChI is InChI=1S/C28H29N5O5S/c1-18-6-11-21(12-7-18)33-27(19-8-13-22(35-2)14-9-19)31-32-28(33)39-17-24(34)30-29-16-20-10-15-23(36-3)26(38-5)25(20)37-4/h6-16H,17H2,1-5H3,(H,30,34). The molecule has 0 fully saturated rings. The van der Waals surface area contributed by atoms with Crippen LogP contribution in [0.25, 0.3) is 17.1 Å². The number of hydrazone groups is 1. The maximum atomic E-state index is 12.6. The molecule has 11 heteroatoms. The predicted octanol–water partition coefficient (Wildman–Crippen LogP) is 4.52. The average Bonchev–Trinajstić information content (AvgIpc) is 3.40. The second-order valence-corrected chi connectivity index (χ2v) is 9.15. The molecular formula is C28H29N5O5S. The number of aromatic nitrogens is 3. The first-order valence-electron chi connectivity index (χ1n) is 11.9. The van der Waals surface area contributed by atoms with Gasteiger partial charge in [0.25, 0.3) is 5.91 Å². The van der Waals surface area contributed by atoms with Crippen LogP contribution in [0, 0.1) is 6.92 Å². The Morgan fingerprint density at radius 2 is 1.62 bits per heavy atom. The third kappa shape index (κ3) is 6.32. The number of ether oxygens (including phenoxy) is 4. The third-order valence-corrected chi connectivity index (χ3v) is 6.66. The Bertz CT molecular complexity index is 1450. The number of thioether (sulfide) groups is 1. The number of carbonyl (C=O) groups excluding carboxylic acids is 1. The van der Waals surface area contributed by atoms with Gasteiger partial charge in [0.05, 0.1) is 40.4 Å². The summed E-state index contributed by atoms with van der Waals surface area (Å²) in [5.74, 6) is 2.59. The zero-order valence-electron chi connectivity index (χ0n) is 22.3. The maximum absolute atomic E-state index is 12.6. The molecule has 1 aromatic heterocycles. The summed E-state index contributed by atoms with van der Waals surface area (Å²) in [4.78, 5) is 12.6. The zero-order chi connectivity index (χ0) is 27.8. The fourth-order valence-electron chi connectivity index (χ4n) is 3.78. The molecule has 0 unspecified atom stereocenters. The van der Waals surface area contributed by atoms with Gasteiger partial charge in [0, 0.05) is 16.8 Å². The van der Waals surface area contributed by atoms with Crippen LogP contribution in [0.3, 0.4) is 0 Å². The van der Waals surface area contributed by atoms with Crippen LogP contribution in [0.15, 0.2) is 70.9 Å². The Morgan fingerprint density at radius 3 is 2.26 bits per heavy atom. The molecule has 202 valence electrons. The average molecular weight is 548 g/mol. The predicted molar refractivity (Wildman–Crippen MR) is 151 cm³/mol. The number of amides is 1. The van der Waals surface area contributed by atoms with E-state index in [9.17, 15) is 4.79 Å². The molecule has 0 aliphatic heterocycles. The summed E-state index contributed by atoms with van der Waals surface area (Å²) in [6.45, 7) is 2.03. The van der Waals surface area contributed by atoms with Crippen LogP contribution < -0.4 is 24.4 Å². The van der Waals surface area contributed by atoms with Gasteiger partial charge in [-0.15, -0.1) is 10.2 Å². The molecule has 0 aliphatic rings. The van der Waals surface area contributed by atoms with Crippen LogP contribution in [-0.4, -0.2) is 61.1 Å². The van der Waals surface area contributed by atoms with Gasteiger partial charge in [-0.05, 0) is 55.5 Å². The quantitative estimate of drug-likeness (QED) is 0.166. The molecule has 0 bridgehead atoms. The molecule has 4 aromatic rings. The van der Waals surface area contributed by atoms with Gasteiger partial charge in [0.2, 0.25) is 5.75 Å². The molecule has 0 saturated carbocycles. The molecule has 1 heterocycles. The van der Waals surface area contributed by atoms with Gasteiger partial charge in [-0.3, -0.25) is 9.36 Å². The van der Waals surface area contributed by atoms with Gasteiger partial charge in [0.1, 0.15) is 5.75 Å². The number of hydrogen-bond donors (Lipinski definition) is 1. The van der Waals surface area contributed by atoms with E-state index >= 15 is 0 Å². The number of hydrogen-bond acceptors (Lipinski definition) is 9. The first-order valence-corrected chi connectivity index (χ1v) is 12.9. The van der Waals surface area contributed by atoms with E-state index in [1.807, 2.05) is 60.0 Å². The zero-order valence-corrected chi connectivity index (χ0v) is 23.1. The first-order chi connectivity index (χ1) is 19.0. The Kier molecular flexibility index (Phi) is 9.06. The van der Waals surface area contributed by atoms with E-state index in [4.69, 9.17) is 18.9 Å². The molecule has 10 nitrogen and oxygen atoms in total. The van der Waals surface area contributed by atoms with E-state index in [2.05, 4.69) is 20.7 Å². The summed E-state index contributed by atoms with van der Waals surface area (Å²) < 4.78 is 23.3. The van der Waals surface area contributed by atoms with Gasteiger partial charge < -0.3 is 18.9 Å². The number of benzene rings is 3. The van der Waals surface area contributed by atoms with E-state index in [1.165, 1.54) is 32.2 Å². The minimum Gasteiger partial charge on any atom is -0.497 e. The van der Waals surface area contributed by atoms with Crippen LogP contribution in [0.1, 0.15) is 11.1 Å². The van der Waals surface area contributed by atoms with Crippen molar-refractivity contribution in [2.75, 3.05) is 34.2 Å². The van der Waals surface area contributed by atoms with E-state index < -0.39 is 0 Å². The number of aryl methyl sites for hydroxylation is 1. The second kappa shape index (κ2) is 12.8. The number of carbonyl (C=O) groups is 1. The Balaban J connectivity index is 1.51. The van der Waals surface area contributed by atoms with Crippen LogP contribution in [0.5, 0.6) is 23.0 Å². The van der Waals surface area contributed by atoms with Crippen molar-refractivity contribution in [3.05, 3.63) is 71.8 Å². The van der Waals surface area contributed by atoms with Crippen molar-refractivity contribution >= 4 is 23.9 Å². The van der Waals surface area contributed by atoms with Crippen molar-refractivity contribution in [3.8, 4) is 40.1 Å². The van der Waals surface area contributed by atoms with Crippen LogP contribution in [0.4, 0.5) is 0 Å². The fraction of sp³-hybridized carbons (Fsp3) is 0.214. The normalized spacial score (nSPS) is 10.9. The summed E-state index contributed by atoms with van der Waals surface area (Å²) in [7, 11) is 6.21. The van der Waals surface area contributed by atoms with E-state index in [0.717, 1.165) is 22.6 Å². The third-order valence-electron chi connectivity index (χ3n) is 5.73. The minimum atomic E-state index is -0.305. The van der Waals surface area contributed by atoms with E-state index in [1.54, 1.807) is 26.4 Å². The summed E-state index contributed by atoms with van der Waals surface area (Å²) in [5.41, 5.74) is 6.06. The Morgan fingerprint density at radius 1 is 0.897 bits per heavy atom. The van der Waals surface area contributed by atoms with E-state index in [-0.39, 0.29) is 11.7 Å². The Labute approximate surface area is 231 Å².